The van der Waals surface area contributed by atoms with Gasteiger partial charge in [0.05, 0.1) is 23.4 Å². The summed E-state index contributed by atoms with van der Waals surface area (Å²) in [7, 11) is 0. The standard InChI is InChI=1S/C25H30FN3O3/c26-22-15-20(32-21-3-1-12-27-16-21)8-9-23(22)28-13-2-10-25(17-28)11-14-29(24(25)31)18-4-6-19(30)7-5-18/h1,3,8-9,12,15-16,18-19,30H,2,4-7,10-11,13-14,17H2/t18-,19+,25-/m1/s1. The summed E-state index contributed by atoms with van der Waals surface area (Å²) in [6, 6.07) is 8.70. The molecule has 3 fully saturated rings. The van der Waals surface area contributed by atoms with E-state index in [9.17, 15) is 9.90 Å². The van der Waals surface area contributed by atoms with E-state index < -0.39 is 5.41 Å². The molecule has 1 aromatic carbocycles. The van der Waals surface area contributed by atoms with Gasteiger partial charge >= 0.3 is 0 Å². The topological polar surface area (TPSA) is 65.9 Å². The van der Waals surface area contributed by atoms with Gasteiger partial charge in [-0.15, -0.1) is 0 Å². The number of carbonyl (C=O) groups is 1. The van der Waals surface area contributed by atoms with Crippen LogP contribution in [-0.2, 0) is 4.79 Å². The number of carbonyl (C=O) groups excluding carboxylic acids is 1. The zero-order valence-corrected chi connectivity index (χ0v) is 18.3. The van der Waals surface area contributed by atoms with E-state index in [0.717, 1.165) is 58.0 Å². The molecule has 170 valence electrons. The minimum Gasteiger partial charge on any atom is -0.456 e. The number of hydrogen-bond donors (Lipinski definition) is 1. The first-order valence-electron chi connectivity index (χ1n) is 11.7. The zero-order valence-electron chi connectivity index (χ0n) is 18.3. The van der Waals surface area contributed by atoms with Gasteiger partial charge in [0.1, 0.15) is 17.3 Å². The molecule has 1 amide bonds. The van der Waals surface area contributed by atoms with E-state index in [1.807, 2.05) is 4.90 Å². The Morgan fingerprint density at radius 1 is 1.09 bits per heavy atom. The number of aliphatic hydroxyl groups excluding tert-OH is 1. The van der Waals surface area contributed by atoms with E-state index >= 15 is 4.39 Å². The van der Waals surface area contributed by atoms with Gasteiger partial charge in [0.25, 0.3) is 0 Å². The Morgan fingerprint density at radius 3 is 2.69 bits per heavy atom. The lowest BCUT2D eigenvalue weighted by Crippen LogP contribution is -2.50. The molecule has 5 rings (SSSR count). The molecule has 0 unspecified atom stereocenters. The van der Waals surface area contributed by atoms with Crippen molar-refractivity contribution in [3.05, 3.63) is 48.5 Å². The van der Waals surface area contributed by atoms with Gasteiger partial charge in [0.2, 0.25) is 5.91 Å². The van der Waals surface area contributed by atoms with Crippen molar-refractivity contribution >= 4 is 11.6 Å². The maximum absolute atomic E-state index is 15.1. The lowest BCUT2D eigenvalue weighted by molar-refractivity contribution is -0.139. The van der Waals surface area contributed by atoms with Crippen LogP contribution >= 0.6 is 0 Å². The highest BCUT2D eigenvalue weighted by atomic mass is 19.1. The number of nitrogens with zero attached hydrogens (tertiary/aromatic N) is 3. The molecular weight excluding hydrogens is 409 g/mol. The van der Waals surface area contributed by atoms with Crippen LogP contribution in [0.5, 0.6) is 11.5 Å². The molecule has 1 aliphatic carbocycles. The van der Waals surface area contributed by atoms with Gasteiger partial charge in [-0.3, -0.25) is 9.78 Å². The van der Waals surface area contributed by atoms with Gasteiger partial charge in [-0.1, -0.05) is 0 Å². The van der Waals surface area contributed by atoms with E-state index in [1.165, 1.54) is 6.07 Å². The first kappa shape index (κ1) is 21.2. The molecule has 2 saturated heterocycles. The van der Waals surface area contributed by atoms with E-state index in [1.54, 1.807) is 36.7 Å². The Bertz CT molecular complexity index is 964. The number of rotatable bonds is 4. The Hall–Kier alpha value is -2.67. The van der Waals surface area contributed by atoms with Crippen LogP contribution in [-0.4, -0.2) is 52.7 Å². The summed E-state index contributed by atoms with van der Waals surface area (Å²) in [6.45, 7) is 2.07. The fraction of sp³-hybridized carbons (Fsp3) is 0.520. The second kappa shape index (κ2) is 8.70. The van der Waals surface area contributed by atoms with Crippen molar-refractivity contribution in [2.75, 3.05) is 24.5 Å². The molecule has 0 radical (unpaired) electrons. The number of aromatic nitrogens is 1. The zero-order chi connectivity index (χ0) is 22.1. The number of pyridine rings is 1. The third-order valence-corrected chi connectivity index (χ3v) is 7.36. The maximum atomic E-state index is 15.1. The van der Waals surface area contributed by atoms with Crippen molar-refractivity contribution < 1.29 is 19.0 Å². The monoisotopic (exact) mass is 439 g/mol. The van der Waals surface area contributed by atoms with Crippen LogP contribution < -0.4 is 9.64 Å². The van der Waals surface area contributed by atoms with E-state index in [4.69, 9.17) is 4.74 Å². The molecule has 1 aromatic heterocycles. The predicted octanol–water partition coefficient (Wildman–Crippen LogP) is 4.14. The van der Waals surface area contributed by atoms with Gasteiger partial charge in [0.15, 0.2) is 0 Å². The molecule has 1 spiro atoms. The van der Waals surface area contributed by atoms with E-state index in [-0.39, 0.29) is 23.9 Å². The molecule has 2 aliphatic heterocycles. The molecule has 3 aliphatic rings. The van der Waals surface area contributed by atoms with Gasteiger partial charge in [-0.05, 0) is 69.2 Å². The highest BCUT2D eigenvalue weighted by Crippen LogP contribution is 2.44. The average Bonchev–Trinajstić information content (AvgIpc) is 3.10. The predicted molar refractivity (Wildman–Crippen MR) is 119 cm³/mol. The minimum absolute atomic E-state index is 0.223. The van der Waals surface area contributed by atoms with Crippen molar-refractivity contribution in [1.29, 1.82) is 0 Å². The number of halogens is 1. The largest absolute Gasteiger partial charge is 0.456 e. The van der Waals surface area contributed by atoms with Crippen molar-refractivity contribution in [3.63, 3.8) is 0 Å². The molecule has 6 nitrogen and oxygen atoms in total. The molecule has 2 aromatic rings. The number of benzene rings is 1. The van der Waals surface area contributed by atoms with Gasteiger partial charge in [-0.25, -0.2) is 4.39 Å². The van der Waals surface area contributed by atoms with Crippen LogP contribution in [0.1, 0.15) is 44.9 Å². The lowest BCUT2D eigenvalue weighted by atomic mass is 9.78. The average molecular weight is 440 g/mol. The summed E-state index contributed by atoms with van der Waals surface area (Å²) in [5.41, 5.74) is 0.0979. The van der Waals surface area contributed by atoms with Gasteiger partial charge in [-0.2, -0.15) is 0 Å². The SMILES string of the molecule is O=C1N([C@H]2CC[C@@H](O)CC2)CC[C@@]12CCCN(c1ccc(Oc3cccnc3)cc1F)C2. The Morgan fingerprint density at radius 2 is 1.94 bits per heavy atom. The lowest BCUT2D eigenvalue weighted by Gasteiger charge is -2.41. The van der Waals surface area contributed by atoms with Crippen molar-refractivity contribution in [3.8, 4) is 11.5 Å². The summed E-state index contributed by atoms with van der Waals surface area (Å²) < 4.78 is 20.8. The molecule has 3 heterocycles. The summed E-state index contributed by atoms with van der Waals surface area (Å²) in [6.07, 6.45) is 8.87. The molecule has 1 saturated carbocycles. The van der Waals surface area contributed by atoms with Crippen LogP contribution in [0.25, 0.3) is 0 Å². The van der Waals surface area contributed by atoms with E-state index in [2.05, 4.69) is 9.88 Å². The summed E-state index contributed by atoms with van der Waals surface area (Å²) in [4.78, 5) is 21.6. The smallest absolute Gasteiger partial charge is 0.230 e. The normalized spacial score (nSPS) is 28.4. The van der Waals surface area contributed by atoms with Crippen molar-refractivity contribution in [2.24, 2.45) is 5.41 Å². The van der Waals surface area contributed by atoms with Crippen LogP contribution in [0.4, 0.5) is 10.1 Å². The van der Waals surface area contributed by atoms with Crippen LogP contribution in [0.2, 0.25) is 0 Å². The summed E-state index contributed by atoms with van der Waals surface area (Å²) in [5, 5.41) is 9.81. The minimum atomic E-state index is -0.425. The molecular formula is C25H30FN3O3. The highest BCUT2D eigenvalue weighted by Gasteiger charge is 2.50. The first-order valence-corrected chi connectivity index (χ1v) is 11.7. The van der Waals surface area contributed by atoms with E-state index in [0.29, 0.717) is 23.7 Å². The number of amides is 1. The van der Waals surface area contributed by atoms with Crippen molar-refractivity contribution in [2.45, 2.75) is 57.1 Å². The quantitative estimate of drug-likeness (QED) is 0.776. The first-order chi connectivity index (χ1) is 15.5. The fourth-order valence-corrected chi connectivity index (χ4v) is 5.63. The Labute approximate surface area is 188 Å². The number of likely N-dealkylation sites (tertiary alicyclic amines) is 1. The third kappa shape index (κ3) is 4.06. The van der Waals surface area contributed by atoms with Gasteiger partial charge in [0, 0.05) is 37.9 Å². The fourth-order valence-electron chi connectivity index (χ4n) is 5.63. The molecule has 7 heteroatoms. The van der Waals surface area contributed by atoms with Crippen LogP contribution in [0.3, 0.4) is 0 Å². The second-order valence-corrected chi connectivity index (χ2v) is 9.42. The summed E-state index contributed by atoms with van der Waals surface area (Å²) in [5.74, 6) is 0.865. The Kier molecular flexibility index (Phi) is 5.76. The number of anilines is 1. The molecule has 32 heavy (non-hydrogen) atoms. The van der Waals surface area contributed by atoms with Crippen molar-refractivity contribution in [1.82, 2.24) is 9.88 Å². The van der Waals surface area contributed by atoms with Crippen LogP contribution in [0.15, 0.2) is 42.7 Å². The molecule has 0 bridgehead atoms. The highest BCUT2D eigenvalue weighted by molar-refractivity contribution is 5.86. The number of ether oxygens (including phenoxy) is 1. The van der Waals surface area contributed by atoms with Gasteiger partial charge < -0.3 is 19.6 Å². The number of piperidine rings is 1. The number of aliphatic hydroxyl groups is 1. The second-order valence-electron chi connectivity index (χ2n) is 9.42. The summed E-state index contributed by atoms with van der Waals surface area (Å²) >= 11 is 0. The number of hydrogen-bond acceptors (Lipinski definition) is 5. The Balaban J connectivity index is 1.29. The molecule has 1 N–H and O–H groups in total. The maximum Gasteiger partial charge on any atom is 0.230 e. The molecule has 1 atom stereocenters. The van der Waals surface area contributed by atoms with Crippen LogP contribution in [0, 0.1) is 11.2 Å². The third-order valence-electron chi connectivity index (χ3n) is 7.36.